The molecule has 28 heavy (non-hydrogen) atoms. The molecule has 7 nitrogen and oxygen atoms in total. The highest BCUT2D eigenvalue weighted by Crippen LogP contribution is 2.55. The molecule has 4 atom stereocenters. The number of thioether (sulfide) groups is 1. The number of ether oxygens (including phenoxy) is 1. The van der Waals surface area contributed by atoms with Crippen molar-refractivity contribution >= 4 is 29.5 Å². The van der Waals surface area contributed by atoms with Gasteiger partial charge >= 0.3 is 5.97 Å². The van der Waals surface area contributed by atoms with E-state index in [1.165, 1.54) is 16.7 Å². The summed E-state index contributed by atoms with van der Waals surface area (Å²) in [7, 11) is 0. The lowest BCUT2D eigenvalue weighted by molar-refractivity contribution is -0.207. The molecular formula is C20H26N2O5S. The van der Waals surface area contributed by atoms with Gasteiger partial charge in [-0.25, -0.2) is 4.79 Å². The Hall–Kier alpha value is -2.06. The number of carboxylic acid groups (broad SMARTS) is 1. The van der Waals surface area contributed by atoms with E-state index in [-0.39, 0.29) is 12.5 Å². The van der Waals surface area contributed by atoms with Crippen LogP contribution in [0.15, 0.2) is 30.3 Å². The third-order valence-electron chi connectivity index (χ3n) is 5.27. The molecule has 0 bridgehead atoms. The maximum atomic E-state index is 13.1. The number of nitrogens with one attached hydrogen (secondary N) is 1. The first-order chi connectivity index (χ1) is 13.2. The monoisotopic (exact) mass is 406 g/mol. The van der Waals surface area contributed by atoms with Crippen molar-refractivity contribution in [1.29, 1.82) is 0 Å². The minimum atomic E-state index is -1.53. The highest BCUT2D eigenvalue weighted by molar-refractivity contribution is 8.01. The molecular weight excluding hydrogens is 380 g/mol. The van der Waals surface area contributed by atoms with Gasteiger partial charge in [-0.15, -0.1) is 11.8 Å². The molecule has 3 rings (SSSR count). The number of nitrogens with zero attached hydrogens (tertiary/aromatic N) is 1. The second-order valence-electron chi connectivity index (χ2n) is 7.73. The van der Waals surface area contributed by atoms with Crippen LogP contribution in [-0.2, 0) is 19.1 Å². The maximum absolute atomic E-state index is 13.1. The molecule has 2 amide bonds. The van der Waals surface area contributed by atoms with E-state index >= 15 is 0 Å². The maximum Gasteiger partial charge on any atom is 0.327 e. The average Bonchev–Trinajstić information content (AvgIpc) is 2.94. The number of carbonyl (C=O) groups excluding carboxylic acids is 2. The van der Waals surface area contributed by atoms with Gasteiger partial charge in [-0.1, -0.05) is 37.3 Å². The first kappa shape index (κ1) is 20.7. The largest absolute Gasteiger partial charge is 0.480 e. The number of hydrogen-bond acceptors (Lipinski definition) is 5. The van der Waals surface area contributed by atoms with E-state index in [1.807, 2.05) is 37.3 Å². The highest BCUT2D eigenvalue weighted by Gasteiger charge is 2.73. The number of carbonyl (C=O) groups is 3. The van der Waals surface area contributed by atoms with Crippen molar-refractivity contribution in [3.05, 3.63) is 35.9 Å². The number of fused-ring (bicyclic) bond motifs is 1. The zero-order valence-corrected chi connectivity index (χ0v) is 17.3. The Labute approximate surface area is 168 Å². The Kier molecular flexibility index (Phi) is 5.46. The number of rotatable bonds is 7. The third-order valence-corrected chi connectivity index (χ3v) is 6.89. The van der Waals surface area contributed by atoms with Crippen LogP contribution in [0.25, 0.3) is 0 Å². The predicted octanol–water partition coefficient (Wildman–Crippen LogP) is 2.18. The Bertz CT molecular complexity index is 784. The number of carboxylic acids is 1. The summed E-state index contributed by atoms with van der Waals surface area (Å²) in [5.41, 5.74) is -0.695. The Morgan fingerprint density at radius 2 is 1.96 bits per heavy atom. The van der Waals surface area contributed by atoms with Crippen LogP contribution in [0.2, 0.25) is 0 Å². The van der Waals surface area contributed by atoms with E-state index < -0.39 is 39.7 Å². The molecule has 1 aromatic carbocycles. The van der Waals surface area contributed by atoms with Gasteiger partial charge in [-0.3, -0.25) is 9.59 Å². The van der Waals surface area contributed by atoms with Crippen molar-refractivity contribution in [2.45, 2.75) is 61.9 Å². The lowest BCUT2D eigenvalue weighted by Gasteiger charge is -2.52. The minimum Gasteiger partial charge on any atom is -0.480 e. The fourth-order valence-electron chi connectivity index (χ4n) is 3.76. The molecule has 2 aliphatic heterocycles. The smallest absolute Gasteiger partial charge is 0.327 e. The van der Waals surface area contributed by atoms with Crippen molar-refractivity contribution in [3.8, 4) is 0 Å². The number of benzene rings is 1. The quantitative estimate of drug-likeness (QED) is 0.532. The van der Waals surface area contributed by atoms with Crippen molar-refractivity contribution < 1.29 is 24.2 Å². The molecule has 2 heterocycles. The summed E-state index contributed by atoms with van der Waals surface area (Å²) in [6.07, 6.45) is 0.669. The summed E-state index contributed by atoms with van der Waals surface area (Å²) in [4.78, 5) is 39.1. The summed E-state index contributed by atoms with van der Waals surface area (Å²) in [5, 5.41) is 11.9. The van der Waals surface area contributed by atoms with Gasteiger partial charge in [0.05, 0.1) is 5.92 Å². The standard InChI is InChI=1S/C20H26N2O5S/c1-5-11-27-20(21-15(23)12(2)13-9-7-6-8-10-13)17(26)22-14(16(24)25)19(3,4)28-18(20)22/h6-10,12,14,18H,5,11H2,1-4H3,(H,21,23)(H,24,25)/t12?,14-,18+,20+/m0/s1. The van der Waals surface area contributed by atoms with Crippen molar-refractivity contribution in [2.24, 2.45) is 0 Å². The first-order valence-electron chi connectivity index (χ1n) is 9.40. The number of hydrogen-bond donors (Lipinski definition) is 2. The van der Waals surface area contributed by atoms with E-state index in [1.54, 1.807) is 20.8 Å². The number of amides is 2. The van der Waals surface area contributed by atoms with Gasteiger partial charge in [-0.2, -0.15) is 0 Å². The van der Waals surface area contributed by atoms with E-state index in [0.717, 1.165) is 5.56 Å². The molecule has 0 saturated carbocycles. The molecule has 152 valence electrons. The van der Waals surface area contributed by atoms with Crippen LogP contribution in [0, 0.1) is 0 Å². The SMILES string of the molecule is CCCO[C@]1(NC(=O)C(C)c2ccccc2)C(=O)N2[C@@H](C(=O)O)C(C)(C)S[C@@H]21. The van der Waals surface area contributed by atoms with Gasteiger partial charge in [0, 0.05) is 11.4 Å². The van der Waals surface area contributed by atoms with E-state index in [9.17, 15) is 19.5 Å². The van der Waals surface area contributed by atoms with Crippen LogP contribution in [0.5, 0.6) is 0 Å². The Morgan fingerprint density at radius 3 is 2.54 bits per heavy atom. The first-order valence-corrected chi connectivity index (χ1v) is 10.3. The van der Waals surface area contributed by atoms with Gasteiger partial charge in [0.1, 0.15) is 11.4 Å². The fraction of sp³-hybridized carbons (Fsp3) is 0.550. The zero-order chi connectivity index (χ0) is 20.7. The summed E-state index contributed by atoms with van der Waals surface area (Å²) in [6.45, 7) is 7.55. The third kappa shape index (κ3) is 3.18. The van der Waals surface area contributed by atoms with Crippen molar-refractivity contribution in [3.63, 3.8) is 0 Å². The number of aliphatic carboxylic acids is 1. The Morgan fingerprint density at radius 1 is 1.32 bits per heavy atom. The van der Waals surface area contributed by atoms with Crippen LogP contribution in [0.1, 0.15) is 45.6 Å². The minimum absolute atomic E-state index is 0.287. The van der Waals surface area contributed by atoms with Crippen LogP contribution < -0.4 is 5.32 Å². The molecule has 2 N–H and O–H groups in total. The normalized spacial score (nSPS) is 29.0. The summed E-state index contributed by atoms with van der Waals surface area (Å²) in [5.74, 6) is -2.35. The molecule has 2 aliphatic rings. The van der Waals surface area contributed by atoms with Gasteiger partial charge in [0.25, 0.3) is 11.6 Å². The van der Waals surface area contributed by atoms with Crippen LogP contribution in [0.4, 0.5) is 0 Å². The molecule has 2 fully saturated rings. The molecule has 1 unspecified atom stereocenters. The Balaban J connectivity index is 1.88. The molecule has 0 aliphatic carbocycles. The lowest BCUT2D eigenvalue weighted by atomic mass is 9.92. The van der Waals surface area contributed by atoms with Gasteiger partial charge < -0.3 is 20.1 Å². The van der Waals surface area contributed by atoms with Gasteiger partial charge in [0.2, 0.25) is 5.91 Å². The summed E-state index contributed by atoms with van der Waals surface area (Å²) >= 11 is 1.35. The van der Waals surface area contributed by atoms with Crippen LogP contribution in [-0.4, -0.2) is 56.3 Å². The van der Waals surface area contributed by atoms with Gasteiger partial charge in [-0.05, 0) is 32.8 Å². The molecule has 0 spiro atoms. The molecule has 8 heteroatoms. The lowest BCUT2D eigenvalue weighted by Crippen LogP contribution is -2.80. The highest BCUT2D eigenvalue weighted by atomic mass is 32.2. The molecule has 0 aromatic heterocycles. The van der Waals surface area contributed by atoms with Crippen LogP contribution >= 0.6 is 11.8 Å². The number of β-lactam (4-membered cyclic amide) rings is 1. The molecule has 1 aromatic rings. The topological polar surface area (TPSA) is 95.9 Å². The van der Waals surface area contributed by atoms with E-state index in [2.05, 4.69) is 5.32 Å². The molecule has 2 saturated heterocycles. The summed E-state index contributed by atoms with van der Waals surface area (Å²) < 4.78 is 5.19. The van der Waals surface area contributed by atoms with Gasteiger partial charge in [0.15, 0.2) is 0 Å². The second-order valence-corrected chi connectivity index (χ2v) is 9.47. The molecule has 0 radical (unpaired) electrons. The second kappa shape index (κ2) is 7.40. The zero-order valence-electron chi connectivity index (χ0n) is 16.5. The van der Waals surface area contributed by atoms with Crippen molar-refractivity contribution in [1.82, 2.24) is 10.2 Å². The van der Waals surface area contributed by atoms with Crippen LogP contribution in [0.3, 0.4) is 0 Å². The fourth-order valence-corrected chi connectivity index (χ4v) is 5.40. The summed E-state index contributed by atoms with van der Waals surface area (Å²) in [6, 6.07) is 8.32. The predicted molar refractivity (Wildman–Crippen MR) is 106 cm³/mol. The average molecular weight is 407 g/mol. The van der Waals surface area contributed by atoms with Crippen molar-refractivity contribution in [2.75, 3.05) is 6.61 Å². The van der Waals surface area contributed by atoms with E-state index in [0.29, 0.717) is 6.42 Å². The van der Waals surface area contributed by atoms with E-state index in [4.69, 9.17) is 4.74 Å².